The number of hydrogen-bond acceptors (Lipinski definition) is 6. The fraction of sp³-hybridized carbons (Fsp3) is 0.0909. The van der Waals surface area contributed by atoms with Gasteiger partial charge in [0.25, 0.3) is 17.4 Å². The lowest BCUT2D eigenvalue weighted by Gasteiger charge is -2.24. The molecule has 2 aromatic carbocycles. The number of benzene rings is 2. The molecule has 3 aromatic rings. The van der Waals surface area contributed by atoms with E-state index in [1.54, 1.807) is 42.5 Å². The Balaban J connectivity index is 1.87. The number of nitro groups is 1. The summed E-state index contributed by atoms with van der Waals surface area (Å²) in [6, 6.07) is 16.6. The van der Waals surface area contributed by atoms with Crippen LogP contribution in [0.5, 0.6) is 0 Å². The number of amides is 1. The molecule has 0 saturated carbocycles. The summed E-state index contributed by atoms with van der Waals surface area (Å²) in [5.41, 5.74) is 0.342. The van der Waals surface area contributed by atoms with Gasteiger partial charge in [-0.1, -0.05) is 42.5 Å². The molecule has 8 heteroatoms. The quantitative estimate of drug-likeness (QED) is 0.227. The van der Waals surface area contributed by atoms with Crippen molar-refractivity contribution in [2.75, 3.05) is 0 Å². The van der Waals surface area contributed by atoms with Crippen molar-refractivity contribution in [2.24, 2.45) is 0 Å². The van der Waals surface area contributed by atoms with E-state index in [1.807, 2.05) is 0 Å². The van der Waals surface area contributed by atoms with Gasteiger partial charge in [0.15, 0.2) is 0 Å². The van der Waals surface area contributed by atoms with Crippen LogP contribution in [0.4, 0.5) is 5.69 Å². The minimum absolute atomic E-state index is 0.0306. The summed E-state index contributed by atoms with van der Waals surface area (Å²) in [7, 11) is 0. The molecule has 2 heterocycles. The van der Waals surface area contributed by atoms with Crippen molar-refractivity contribution in [1.82, 2.24) is 4.90 Å². The van der Waals surface area contributed by atoms with Crippen molar-refractivity contribution in [3.63, 3.8) is 0 Å². The number of likely N-dealkylation sites (tertiary alicyclic amines) is 1. The molecule has 0 aliphatic carbocycles. The number of non-ortho nitro benzene ring substituents is 1. The molecule has 30 heavy (non-hydrogen) atoms. The van der Waals surface area contributed by atoms with Gasteiger partial charge in [-0.2, -0.15) is 0 Å². The number of furan rings is 1. The fourth-order valence-electron chi connectivity index (χ4n) is 3.52. The van der Waals surface area contributed by atoms with Crippen LogP contribution in [0.3, 0.4) is 0 Å². The van der Waals surface area contributed by atoms with Crippen LogP contribution >= 0.6 is 0 Å². The molecular formula is C22H16N2O6. The smallest absolute Gasteiger partial charge is 0.296 e. The number of aliphatic hydroxyl groups excluding tert-OH is 1. The van der Waals surface area contributed by atoms with Crippen LogP contribution in [0.15, 0.2) is 83.0 Å². The summed E-state index contributed by atoms with van der Waals surface area (Å²) < 4.78 is 5.33. The van der Waals surface area contributed by atoms with Gasteiger partial charge in [-0.25, -0.2) is 0 Å². The number of rotatable bonds is 5. The first kappa shape index (κ1) is 19.1. The van der Waals surface area contributed by atoms with Crippen LogP contribution in [0.1, 0.15) is 22.9 Å². The number of nitro benzene ring substituents is 1. The Labute approximate surface area is 170 Å². The van der Waals surface area contributed by atoms with Gasteiger partial charge < -0.3 is 14.4 Å². The minimum atomic E-state index is -0.865. The third-order valence-electron chi connectivity index (χ3n) is 4.89. The molecule has 0 spiro atoms. The van der Waals surface area contributed by atoms with Gasteiger partial charge in [0.2, 0.25) is 0 Å². The highest BCUT2D eigenvalue weighted by atomic mass is 16.6. The molecule has 8 nitrogen and oxygen atoms in total. The van der Waals surface area contributed by atoms with Crippen molar-refractivity contribution in [3.8, 4) is 0 Å². The van der Waals surface area contributed by atoms with Crippen LogP contribution in [-0.4, -0.2) is 26.6 Å². The topological polar surface area (TPSA) is 114 Å². The van der Waals surface area contributed by atoms with Gasteiger partial charge in [0.1, 0.15) is 11.5 Å². The molecule has 1 aliphatic heterocycles. The van der Waals surface area contributed by atoms with Gasteiger partial charge in [0, 0.05) is 17.7 Å². The van der Waals surface area contributed by atoms with Crippen molar-refractivity contribution >= 4 is 23.1 Å². The van der Waals surface area contributed by atoms with E-state index in [-0.39, 0.29) is 23.4 Å². The normalized spacial score (nSPS) is 18.0. The SMILES string of the molecule is O=C1C(=O)N(Cc2ccco2)[C@H](c2ccccc2)C1=C(O)c1cccc([N+](=O)[O-])c1. The van der Waals surface area contributed by atoms with Crippen molar-refractivity contribution in [3.05, 3.63) is 106 Å². The molecule has 1 atom stereocenters. The number of hydrogen-bond donors (Lipinski definition) is 1. The predicted molar refractivity (Wildman–Crippen MR) is 106 cm³/mol. The lowest BCUT2D eigenvalue weighted by Crippen LogP contribution is -2.29. The second-order valence-electron chi connectivity index (χ2n) is 6.72. The summed E-state index contributed by atoms with van der Waals surface area (Å²) in [5.74, 6) is -1.63. The van der Waals surface area contributed by atoms with Gasteiger partial charge in [-0.15, -0.1) is 0 Å². The Morgan fingerprint density at radius 1 is 1.07 bits per heavy atom. The second kappa shape index (κ2) is 7.67. The maximum Gasteiger partial charge on any atom is 0.296 e. The Morgan fingerprint density at radius 3 is 2.50 bits per heavy atom. The number of Topliss-reactive ketones (excluding diaryl/α,β-unsaturated/α-hetero) is 1. The first-order valence-corrected chi connectivity index (χ1v) is 9.08. The minimum Gasteiger partial charge on any atom is -0.507 e. The summed E-state index contributed by atoms with van der Waals surface area (Å²) >= 11 is 0. The lowest BCUT2D eigenvalue weighted by atomic mass is 9.95. The maximum atomic E-state index is 12.9. The van der Waals surface area contributed by atoms with Gasteiger partial charge in [0.05, 0.1) is 29.3 Å². The van der Waals surface area contributed by atoms with Crippen LogP contribution in [0, 0.1) is 10.1 Å². The van der Waals surface area contributed by atoms with Crippen molar-refractivity contribution in [2.45, 2.75) is 12.6 Å². The van der Waals surface area contributed by atoms with E-state index in [0.29, 0.717) is 11.3 Å². The van der Waals surface area contributed by atoms with E-state index < -0.39 is 28.4 Å². The van der Waals surface area contributed by atoms with Crippen LogP contribution in [-0.2, 0) is 16.1 Å². The number of carbonyl (C=O) groups excluding carboxylic acids is 2. The van der Waals surface area contributed by atoms with Gasteiger partial charge in [-0.05, 0) is 17.7 Å². The van der Waals surface area contributed by atoms with E-state index in [2.05, 4.69) is 0 Å². The zero-order valence-corrected chi connectivity index (χ0v) is 15.6. The van der Waals surface area contributed by atoms with Gasteiger partial charge >= 0.3 is 0 Å². The Morgan fingerprint density at radius 2 is 1.83 bits per heavy atom. The molecular weight excluding hydrogens is 388 g/mol. The molecule has 1 aliphatic rings. The predicted octanol–water partition coefficient (Wildman–Crippen LogP) is 3.81. The number of carbonyl (C=O) groups is 2. The van der Waals surface area contributed by atoms with E-state index in [0.717, 1.165) is 6.07 Å². The van der Waals surface area contributed by atoms with E-state index in [9.17, 15) is 24.8 Å². The lowest BCUT2D eigenvalue weighted by molar-refractivity contribution is -0.384. The molecule has 0 radical (unpaired) electrons. The maximum absolute atomic E-state index is 12.9. The van der Waals surface area contributed by atoms with Crippen molar-refractivity contribution < 1.29 is 24.0 Å². The first-order chi connectivity index (χ1) is 14.5. The average Bonchev–Trinajstić information content (AvgIpc) is 3.36. The van der Waals surface area contributed by atoms with Crippen LogP contribution in [0.2, 0.25) is 0 Å². The van der Waals surface area contributed by atoms with E-state index >= 15 is 0 Å². The number of nitrogens with zero attached hydrogens (tertiary/aromatic N) is 2. The van der Waals surface area contributed by atoms with E-state index in [4.69, 9.17) is 4.42 Å². The largest absolute Gasteiger partial charge is 0.507 e. The molecule has 1 fully saturated rings. The highest BCUT2D eigenvalue weighted by molar-refractivity contribution is 6.46. The van der Waals surface area contributed by atoms with Crippen LogP contribution < -0.4 is 0 Å². The molecule has 4 rings (SSSR count). The second-order valence-corrected chi connectivity index (χ2v) is 6.72. The summed E-state index contributed by atoms with van der Waals surface area (Å²) in [5, 5.41) is 22.0. The van der Waals surface area contributed by atoms with E-state index in [1.165, 1.54) is 29.4 Å². The number of aliphatic hydroxyl groups is 1. The zero-order chi connectivity index (χ0) is 21.3. The molecule has 150 valence electrons. The fourth-order valence-corrected chi connectivity index (χ4v) is 3.52. The van der Waals surface area contributed by atoms with Crippen LogP contribution in [0.25, 0.3) is 5.76 Å². The molecule has 1 amide bonds. The highest BCUT2D eigenvalue weighted by Gasteiger charge is 2.46. The highest BCUT2D eigenvalue weighted by Crippen LogP contribution is 2.40. The zero-order valence-electron chi connectivity index (χ0n) is 15.6. The number of ketones is 1. The first-order valence-electron chi connectivity index (χ1n) is 9.08. The third kappa shape index (κ3) is 3.35. The summed E-state index contributed by atoms with van der Waals surface area (Å²) in [6.45, 7) is 0.0306. The Kier molecular flexibility index (Phi) is 4.89. The van der Waals surface area contributed by atoms with Gasteiger partial charge in [-0.3, -0.25) is 19.7 Å². The molecule has 0 bridgehead atoms. The Hall–Kier alpha value is -4.20. The summed E-state index contributed by atoms with van der Waals surface area (Å²) in [6.07, 6.45) is 1.46. The molecule has 1 N–H and O–H groups in total. The summed E-state index contributed by atoms with van der Waals surface area (Å²) in [4.78, 5) is 37.5. The molecule has 1 aromatic heterocycles. The Bertz CT molecular complexity index is 1150. The standard InChI is InChI=1S/C22H16N2O6/c25-20(15-8-4-9-16(12-15)24(28)29)18-19(14-6-2-1-3-7-14)23(22(27)21(18)26)13-17-10-5-11-30-17/h1-12,19,25H,13H2/t19-/m1/s1. The monoisotopic (exact) mass is 404 g/mol. The third-order valence-corrected chi connectivity index (χ3v) is 4.89. The van der Waals surface area contributed by atoms with Crippen molar-refractivity contribution in [1.29, 1.82) is 0 Å². The molecule has 1 saturated heterocycles. The molecule has 0 unspecified atom stereocenters. The average molecular weight is 404 g/mol.